The molecule has 0 radical (unpaired) electrons. The van der Waals surface area contributed by atoms with Gasteiger partial charge in [-0.2, -0.15) is 0 Å². The largest absolute Gasteiger partial charge is 0.391 e. The van der Waals surface area contributed by atoms with E-state index in [-0.39, 0.29) is 13.2 Å². The third-order valence-electron chi connectivity index (χ3n) is 2.88. The Hall–Kier alpha value is -0.160. The molecule has 18 heavy (non-hydrogen) atoms. The van der Waals surface area contributed by atoms with Crippen molar-refractivity contribution in [2.45, 2.75) is 58.7 Å². The third-order valence-corrected chi connectivity index (χ3v) is 2.88. The lowest BCUT2D eigenvalue weighted by atomic mass is 10.0. The summed E-state index contributed by atoms with van der Waals surface area (Å²) < 4.78 is 10.6. The Balaban J connectivity index is 3.49. The number of hydrogen-bond donors (Lipinski definition) is 2. The van der Waals surface area contributed by atoms with Crippen LogP contribution in [0.4, 0.5) is 0 Å². The second kappa shape index (κ2) is 11.9. The van der Waals surface area contributed by atoms with Gasteiger partial charge in [-0.25, -0.2) is 0 Å². The zero-order valence-electron chi connectivity index (χ0n) is 12.1. The predicted octanol–water partition coefficient (Wildman–Crippen LogP) is 1.98. The van der Waals surface area contributed by atoms with Gasteiger partial charge in [0.05, 0.1) is 25.9 Å². The molecule has 2 N–H and O–H groups in total. The molecule has 3 atom stereocenters. The molecule has 4 heteroatoms. The maximum Gasteiger partial charge on any atom is 0.101 e. The van der Waals surface area contributed by atoms with Crippen LogP contribution in [0.25, 0.3) is 0 Å². The summed E-state index contributed by atoms with van der Waals surface area (Å²) in [6.07, 6.45) is 3.67. The highest BCUT2D eigenvalue weighted by atomic mass is 16.5. The molecule has 0 aromatic carbocycles. The molecule has 4 nitrogen and oxygen atoms in total. The van der Waals surface area contributed by atoms with E-state index in [1.807, 2.05) is 0 Å². The minimum absolute atomic E-state index is 0.219. The Labute approximate surface area is 111 Å². The van der Waals surface area contributed by atoms with Gasteiger partial charge >= 0.3 is 0 Å². The van der Waals surface area contributed by atoms with E-state index in [9.17, 15) is 5.11 Å². The average molecular weight is 262 g/mol. The fraction of sp³-hybridized carbons (Fsp3) is 1.00. The first-order valence-corrected chi connectivity index (χ1v) is 7.11. The SMILES string of the molecule is CCCCC(CC)COCC(O)COCC(C)O. The lowest BCUT2D eigenvalue weighted by molar-refractivity contribution is -0.0420. The van der Waals surface area contributed by atoms with E-state index in [0.717, 1.165) is 6.42 Å². The number of rotatable bonds is 12. The standard InChI is InChI=1S/C14H30O4/c1-4-6-7-13(5-2)9-18-11-14(16)10-17-8-12(3)15/h12-16H,4-11H2,1-3H3. The zero-order valence-corrected chi connectivity index (χ0v) is 12.1. The summed E-state index contributed by atoms with van der Waals surface area (Å²) in [4.78, 5) is 0. The summed E-state index contributed by atoms with van der Waals surface area (Å²) >= 11 is 0. The molecule has 0 aliphatic heterocycles. The molecule has 3 unspecified atom stereocenters. The first-order chi connectivity index (χ1) is 8.60. The highest BCUT2D eigenvalue weighted by Crippen LogP contribution is 2.12. The highest BCUT2D eigenvalue weighted by Gasteiger charge is 2.09. The van der Waals surface area contributed by atoms with Crippen molar-refractivity contribution in [3.8, 4) is 0 Å². The zero-order chi connectivity index (χ0) is 13.8. The van der Waals surface area contributed by atoms with Crippen LogP contribution < -0.4 is 0 Å². The molecule has 0 amide bonds. The van der Waals surface area contributed by atoms with Gasteiger partial charge in [-0.1, -0.05) is 33.1 Å². The highest BCUT2D eigenvalue weighted by molar-refractivity contribution is 4.58. The lowest BCUT2D eigenvalue weighted by Gasteiger charge is -2.17. The quantitative estimate of drug-likeness (QED) is 0.564. The van der Waals surface area contributed by atoms with Crippen molar-refractivity contribution in [1.82, 2.24) is 0 Å². The summed E-state index contributed by atoms with van der Waals surface area (Å²) in [6.45, 7) is 7.51. The van der Waals surface area contributed by atoms with Gasteiger partial charge in [0, 0.05) is 6.61 Å². The molecule has 0 saturated carbocycles. The van der Waals surface area contributed by atoms with Crippen molar-refractivity contribution < 1.29 is 19.7 Å². The Morgan fingerprint density at radius 3 is 2.06 bits per heavy atom. The van der Waals surface area contributed by atoms with Crippen LogP contribution in [0.3, 0.4) is 0 Å². The third kappa shape index (κ3) is 11.0. The summed E-state index contributed by atoms with van der Waals surface area (Å²) in [5.41, 5.74) is 0. The van der Waals surface area contributed by atoms with Crippen LogP contribution in [0.2, 0.25) is 0 Å². The number of aliphatic hydroxyl groups is 2. The first kappa shape index (κ1) is 17.8. The van der Waals surface area contributed by atoms with E-state index in [1.54, 1.807) is 6.92 Å². The van der Waals surface area contributed by atoms with Crippen molar-refractivity contribution in [3.63, 3.8) is 0 Å². The fourth-order valence-corrected chi connectivity index (χ4v) is 1.69. The molecule has 0 fully saturated rings. The molecule has 0 aliphatic carbocycles. The average Bonchev–Trinajstić information content (AvgIpc) is 2.33. The van der Waals surface area contributed by atoms with Crippen LogP contribution in [0.5, 0.6) is 0 Å². The lowest BCUT2D eigenvalue weighted by Crippen LogP contribution is -2.25. The molecule has 0 bridgehead atoms. The Morgan fingerprint density at radius 1 is 0.944 bits per heavy atom. The molecule has 0 rings (SSSR count). The number of unbranched alkanes of at least 4 members (excludes halogenated alkanes) is 1. The Morgan fingerprint density at radius 2 is 1.56 bits per heavy atom. The molecule has 0 aliphatic rings. The van der Waals surface area contributed by atoms with Crippen LogP contribution in [-0.2, 0) is 9.47 Å². The van der Waals surface area contributed by atoms with Crippen LogP contribution in [0.1, 0.15) is 46.5 Å². The summed E-state index contributed by atoms with van der Waals surface area (Å²) in [5, 5.41) is 18.6. The van der Waals surface area contributed by atoms with Crippen molar-refractivity contribution in [2.24, 2.45) is 5.92 Å². The van der Waals surface area contributed by atoms with Crippen molar-refractivity contribution in [2.75, 3.05) is 26.4 Å². The first-order valence-electron chi connectivity index (χ1n) is 7.11. The van der Waals surface area contributed by atoms with Crippen molar-refractivity contribution in [1.29, 1.82) is 0 Å². The van der Waals surface area contributed by atoms with Gasteiger partial charge in [0.25, 0.3) is 0 Å². The number of ether oxygens (including phenoxy) is 2. The van der Waals surface area contributed by atoms with Gasteiger partial charge in [0.15, 0.2) is 0 Å². The van der Waals surface area contributed by atoms with Crippen LogP contribution in [0.15, 0.2) is 0 Å². The summed E-state index contributed by atoms with van der Waals surface area (Å²) in [7, 11) is 0. The van der Waals surface area contributed by atoms with Crippen molar-refractivity contribution >= 4 is 0 Å². The van der Waals surface area contributed by atoms with Crippen molar-refractivity contribution in [3.05, 3.63) is 0 Å². The van der Waals surface area contributed by atoms with Gasteiger partial charge in [-0.05, 0) is 19.3 Å². The topological polar surface area (TPSA) is 58.9 Å². The van der Waals surface area contributed by atoms with Gasteiger partial charge in [0.2, 0.25) is 0 Å². The molecule has 0 aromatic rings. The molecule has 0 saturated heterocycles. The fourth-order valence-electron chi connectivity index (χ4n) is 1.69. The van der Waals surface area contributed by atoms with Crippen LogP contribution in [0, 0.1) is 5.92 Å². The van der Waals surface area contributed by atoms with Gasteiger partial charge < -0.3 is 19.7 Å². The van der Waals surface area contributed by atoms with Crippen LogP contribution in [-0.4, -0.2) is 48.8 Å². The molecule has 110 valence electrons. The normalized spacial score (nSPS) is 16.5. The van der Waals surface area contributed by atoms with E-state index in [0.29, 0.717) is 19.1 Å². The number of hydrogen-bond acceptors (Lipinski definition) is 4. The van der Waals surface area contributed by atoms with Gasteiger partial charge in [0.1, 0.15) is 6.10 Å². The van der Waals surface area contributed by atoms with E-state index < -0.39 is 12.2 Å². The van der Waals surface area contributed by atoms with E-state index in [2.05, 4.69) is 13.8 Å². The van der Waals surface area contributed by atoms with E-state index >= 15 is 0 Å². The van der Waals surface area contributed by atoms with Gasteiger partial charge in [-0.3, -0.25) is 0 Å². The molecule has 0 heterocycles. The Bertz CT molecular complexity index is 173. The van der Waals surface area contributed by atoms with E-state index in [1.165, 1.54) is 19.3 Å². The number of aliphatic hydroxyl groups excluding tert-OH is 2. The minimum atomic E-state index is -0.604. The second-order valence-electron chi connectivity index (χ2n) is 4.99. The maximum absolute atomic E-state index is 9.59. The second-order valence-corrected chi connectivity index (χ2v) is 4.99. The summed E-state index contributed by atoms with van der Waals surface area (Å²) in [6, 6.07) is 0. The molecular formula is C14H30O4. The minimum Gasteiger partial charge on any atom is -0.391 e. The predicted molar refractivity (Wildman–Crippen MR) is 72.6 cm³/mol. The Kier molecular flexibility index (Phi) is 11.8. The maximum atomic E-state index is 9.59. The monoisotopic (exact) mass is 262 g/mol. The summed E-state index contributed by atoms with van der Waals surface area (Å²) in [5.74, 6) is 0.593. The van der Waals surface area contributed by atoms with Crippen LogP contribution >= 0.6 is 0 Å². The molecular weight excluding hydrogens is 232 g/mol. The molecule has 0 spiro atoms. The van der Waals surface area contributed by atoms with E-state index in [4.69, 9.17) is 14.6 Å². The van der Waals surface area contributed by atoms with Gasteiger partial charge in [-0.15, -0.1) is 0 Å². The molecule has 0 aromatic heterocycles. The smallest absolute Gasteiger partial charge is 0.101 e.